The van der Waals surface area contributed by atoms with Crippen molar-refractivity contribution < 1.29 is 29.7 Å². The maximum atomic E-state index is 10.1. The summed E-state index contributed by atoms with van der Waals surface area (Å²) < 4.78 is 24.7. The van der Waals surface area contributed by atoms with Gasteiger partial charge in [0.25, 0.3) is 11.0 Å². The van der Waals surface area contributed by atoms with Crippen LogP contribution in [0.3, 0.4) is 0 Å². The molecule has 3 nitrogen and oxygen atoms in total. The molecule has 77 valence electrons. The van der Waals surface area contributed by atoms with Crippen LogP contribution in [-0.4, -0.2) is 8.42 Å². The van der Waals surface area contributed by atoms with Crippen LogP contribution in [-0.2, 0) is 34.5 Å². The van der Waals surface area contributed by atoms with Gasteiger partial charge in [0.05, 0.1) is 0 Å². The number of hydrogen-bond donors (Lipinski definition) is 1. The van der Waals surface area contributed by atoms with Crippen molar-refractivity contribution in [3.63, 3.8) is 0 Å². The van der Waals surface area contributed by atoms with E-state index in [0.717, 1.165) is 12.0 Å². The van der Waals surface area contributed by atoms with Crippen molar-refractivity contribution in [1.82, 2.24) is 0 Å². The minimum atomic E-state index is -2.79. The number of rotatable bonds is 3. The van der Waals surface area contributed by atoms with Crippen LogP contribution < -0.4 is 4.18 Å². The van der Waals surface area contributed by atoms with Crippen LogP contribution in [0.15, 0.2) is 24.3 Å². The average Bonchev–Trinajstić information content (AvgIpc) is 2.05. The average molecular weight is 250 g/mol. The summed E-state index contributed by atoms with van der Waals surface area (Å²) in [6, 6.07) is 6.97. The van der Waals surface area contributed by atoms with Crippen molar-refractivity contribution >= 4 is 11.0 Å². The number of benzene rings is 1. The largest absolute Gasteiger partial charge is 0.384 e. The topological polar surface area (TPSA) is 43.4 Å². The van der Waals surface area contributed by atoms with Crippen LogP contribution in [0.4, 0.5) is 0 Å². The third kappa shape index (κ3) is 4.31. The second-order valence-corrected chi connectivity index (χ2v) is 2.94. The molecule has 1 aromatic carbocycles. The first-order valence-electron chi connectivity index (χ1n) is 3.63. The van der Waals surface area contributed by atoms with Crippen LogP contribution in [0.2, 0.25) is 0 Å². The minimum Gasteiger partial charge on any atom is -0.384 e. The third-order valence-corrected chi connectivity index (χ3v) is 1.87. The predicted octanol–water partition coefficient (Wildman–Crippen LogP) is 1.15. The molecule has 1 aromatic rings. The van der Waals surface area contributed by atoms with E-state index >= 15 is 0 Å². The van der Waals surface area contributed by atoms with E-state index < -0.39 is 11.0 Å². The zero-order valence-electron chi connectivity index (χ0n) is 6.99. The van der Waals surface area contributed by atoms with E-state index in [2.05, 4.69) is 4.18 Å². The fourth-order valence-corrected chi connectivity index (χ4v) is 1.17. The molecular formula is C8H10CuO3S. The van der Waals surface area contributed by atoms with Gasteiger partial charge in [-0.15, -0.1) is 0 Å². The molecule has 0 bridgehead atoms. The first-order chi connectivity index (χ1) is 5.72. The molecule has 0 N–H and O–H groups in total. The molecule has 0 aliphatic rings. The van der Waals surface area contributed by atoms with Crippen molar-refractivity contribution in [2.45, 2.75) is 13.3 Å². The molecular weight excluding hydrogens is 240 g/mol. The quantitative estimate of drug-likeness (QED) is 0.646. The molecule has 1 radical (unpaired) electrons. The van der Waals surface area contributed by atoms with Gasteiger partial charge >= 0.3 is 0 Å². The molecule has 0 saturated heterocycles. The Kier molecular flexibility index (Phi) is 5.79. The summed E-state index contributed by atoms with van der Waals surface area (Å²) in [6.45, 7) is 2.03. The first-order valence-corrected chi connectivity index (χ1v) is 4.73. The minimum absolute atomic E-state index is 0. The Labute approximate surface area is 89.7 Å². The maximum absolute atomic E-state index is 10.1. The second-order valence-electron chi connectivity index (χ2n) is 2.31. The van der Waals surface area contributed by atoms with Crippen molar-refractivity contribution in [3.05, 3.63) is 29.8 Å². The molecule has 0 saturated carbocycles. The first kappa shape index (κ1) is 12.5. The third-order valence-electron chi connectivity index (χ3n) is 1.51. The van der Waals surface area contributed by atoms with Gasteiger partial charge < -0.3 is 4.18 Å². The number of hydrogen-bond acceptors (Lipinski definition) is 3. The fraction of sp³-hybridized carbons (Fsp3) is 0.250. The molecule has 0 amide bonds. The molecule has 0 aliphatic heterocycles. The summed E-state index contributed by atoms with van der Waals surface area (Å²) in [5, 5.41) is 0. The van der Waals surface area contributed by atoms with Gasteiger partial charge in [0.2, 0.25) is 0 Å². The summed E-state index contributed by atoms with van der Waals surface area (Å²) >= 11 is 0. The molecule has 5 heteroatoms. The zero-order chi connectivity index (χ0) is 8.97. The summed E-state index contributed by atoms with van der Waals surface area (Å²) in [5.41, 5.74) is 1.16. The van der Waals surface area contributed by atoms with E-state index in [0.29, 0.717) is 5.75 Å². The molecule has 1 rings (SSSR count). The molecule has 0 aliphatic carbocycles. The molecule has 13 heavy (non-hydrogen) atoms. The molecule has 0 unspecified atom stereocenters. The molecule has 0 heterocycles. The van der Waals surface area contributed by atoms with Gasteiger partial charge in [0.1, 0.15) is 5.75 Å². The SMILES string of the molecule is CCc1ccc(O[SH](=O)=O)cc1.[Cu]. The normalized spacial score (nSPS) is 9.38. The standard InChI is InChI=1S/C8H10O3S.Cu/c1-2-7-3-5-8(6-4-7)11-12(9)10;/h3-6,12H,2H2,1H3;. The number of aryl methyl sites for hydroxylation is 1. The monoisotopic (exact) mass is 249 g/mol. The molecule has 0 atom stereocenters. The van der Waals surface area contributed by atoms with Crippen LogP contribution in [0.25, 0.3) is 0 Å². The predicted molar refractivity (Wildman–Crippen MR) is 46.8 cm³/mol. The Morgan fingerprint density at radius 1 is 1.23 bits per heavy atom. The van der Waals surface area contributed by atoms with Crippen LogP contribution in [0, 0.1) is 0 Å². The Morgan fingerprint density at radius 3 is 2.15 bits per heavy atom. The van der Waals surface area contributed by atoms with Crippen molar-refractivity contribution in [2.24, 2.45) is 0 Å². The van der Waals surface area contributed by atoms with Crippen LogP contribution in [0.5, 0.6) is 5.75 Å². The van der Waals surface area contributed by atoms with Crippen molar-refractivity contribution in [1.29, 1.82) is 0 Å². The van der Waals surface area contributed by atoms with Gasteiger partial charge in [-0.1, -0.05) is 19.1 Å². The van der Waals surface area contributed by atoms with Crippen LogP contribution >= 0.6 is 0 Å². The fourth-order valence-electron chi connectivity index (χ4n) is 0.872. The summed E-state index contributed by atoms with van der Waals surface area (Å²) in [4.78, 5) is 0. The van der Waals surface area contributed by atoms with E-state index in [1.165, 1.54) is 0 Å². The van der Waals surface area contributed by atoms with Gasteiger partial charge in [-0.3, -0.25) is 0 Å². The van der Waals surface area contributed by atoms with E-state index in [1.807, 2.05) is 19.1 Å². The van der Waals surface area contributed by atoms with Gasteiger partial charge in [-0.2, -0.15) is 8.42 Å². The number of thiol groups is 1. The maximum Gasteiger partial charge on any atom is 0.299 e. The van der Waals surface area contributed by atoms with Crippen molar-refractivity contribution in [3.8, 4) is 5.75 Å². The molecule has 0 aromatic heterocycles. The Hall–Kier alpha value is -0.511. The summed E-state index contributed by atoms with van der Waals surface area (Å²) in [7, 11) is -2.79. The Bertz CT molecular complexity index is 311. The van der Waals surface area contributed by atoms with Gasteiger partial charge in [0.15, 0.2) is 0 Å². The Morgan fingerprint density at radius 2 is 1.77 bits per heavy atom. The van der Waals surface area contributed by atoms with Crippen molar-refractivity contribution in [2.75, 3.05) is 0 Å². The Balaban J connectivity index is 0.00000144. The molecule has 0 fully saturated rings. The van der Waals surface area contributed by atoms with E-state index in [4.69, 9.17) is 0 Å². The van der Waals surface area contributed by atoms with Gasteiger partial charge in [-0.25, -0.2) is 0 Å². The smallest absolute Gasteiger partial charge is 0.299 e. The van der Waals surface area contributed by atoms with E-state index in [9.17, 15) is 8.42 Å². The van der Waals surface area contributed by atoms with E-state index in [1.54, 1.807) is 12.1 Å². The summed E-state index contributed by atoms with van der Waals surface area (Å²) in [6.07, 6.45) is 0.934. The second kappa shape index (κ2) is 6.02. The summed E-state index contributed by atoms with van der Waals surface area (Å²) in [5.74, 6) is 0.364. The zero-order valence-corrected chi connectivity index (χ0v) is 8.83. The van der Waals surface area contributed by atoms with Gasteiger partial charge in [0, 0.05) is 17.1 Å². The van der Waals surface area contributed by atoms with E-state index in [-0.39, 0.29) is 17.1 Å². The molecule has 0 spiro atoms. The van der Waals surface area contributed by atoms with Crippen LogP contribution in [0.1, 0.15) is 12.5 Å². The van der Waals surface area contributed by atoms with Gasteiger partial charge in [-0.05, 0) is 24.1 Å².